The van der Waals surface area contributed by atoms with Crippen molar-refractivity contribution in [2.24, 2.45) is 0 Å². The first kappa shape index (κ1) is 18.1. The van der Waals surface area contributed by atoms with Gasteiger partial charge in [-0.1, -0.05) is 48.0 Å². The molecule has 4 rings (SSSR count). The lowest BCUT2D eigenvalue weighted by atomic mass is 10.1. The van der Waals surface area contributed by atoms with E-state index < -0.39 is 0 Å². The molecule has 4 aromatic rings. The van der Waals surface area contributed by atoms with Gasteiger partial charge in [-0.3, -0.25) is 9.36 Å². The van der Waals surface area contributed by atoms with Crippen LogP contribution in [0.4, 0.5) is 4.39 Å². The van der Waals surface area contributed by atoms with E-state index in [2.05, 4.69) is 4.98 Å². The Morgan fingerprint density at radius 1 is 1.00 bits per heavy atom. The predicted molar refractivity (Wildman–Crippen MR) is 112 cm³/mol. The first-order valence-corrected chi connectivity index (χ1v) is 9.13. The van der Waals surface area contributed by atoms with Gasteiger partial charge >= 0.3 is 0 Å². The Morgan fingerprint density at radius 2 is 1.82 bits per heavy atom. The van der Waals surface area contributed by atoms with Crippen molar-refractivity contribution in [1.82, 2.24) is 9.55 Å². The Labute approximate surface area is 166 Å². The van der Waals surface area contributed by atoms with Crippen LogP contribution in [0.5, 0.6) is 0 Å². The molecule has 0 saturated heterocycles. The van der Waals surface area contributed by atoms with Gasteiger partial charge in [-0.2, -0.15) is 0 Å². The molecule has 0 N–H and O–H groups in total. The molecule has 0 aliphatic heterocycles. The summed E-state index contributed by atoms with van der Waals surface area (Å²) in [6.45, 7) is 1.91. The molecule has 28 heavy (non-hydrogen) atoms. The summed E-state index contributed by atoms with van der Waals surface area (Å²) in [6, 6.07) is 18.8. The number of benzene rings is 3. The number of fused-ring (bicyclic) bond motifs is 1. The highest BCUT2D eigenvalue weighted by Gasteiger charge is 2.13. The smallest absolute Gasteiger partial charge is 0.266 e. The maximum absolute atomic E-state index is 13.5. The first-order chi connectivity index (χ1) is 13.5. The average molecular weight is 391 g/mol. The molecule has 0 unspecified atom stereocenters. The molecule has 0 saturated carbocycles. The van der Waals surface area contributed by atoms with Gasteiger partial charge in [0.2, 0.25) is 0 Å². The van der Waals surface area contributed by atoms with Crippen molar-refractivity contribution in [3.63, 3.8) is 0 Å². The Balaban J connectivity index is 1.99. The van der Waals surface area contributed by atoms with Crippen molar-refractivity contribution in [1.29, 1.82) is 0 Å². The zero-order valence-corrected chi connectivity index (χ0v) is 15.8. The summed E-state index contributed by atoms with van der Waals surface area (Å²) in [5.41, 5.74) is 2.65. The molecular weight excluding hydrogens is 375 g/mol. The van der Waals surface area contributed by atoms with Gasteiger partial charge in [0, 0.05) is 5.02 Å². The second kappa shape index (κ2) is 7.41. The summed E-state index contributed by atoms with van der Waals surface area (Å²) in [5.74, 6) is 0.120. The lowest BCUT2D eigenvalue weighted by molar-refractivity contribution is 0.627. The predicted octanol–water partition coefficient (Wildman–Crippen LogP) is 5.66. The standard InChI is InChI=1S/C23H16ClFN2O/c1-15-9-11-17(24)14-21(15)27-22(12-10-16-5-4-6-18(25)13-16)26-20-8-3-2-7-19(20)23(27)28/h2-14H,1H3/b12-10+. The van der Waals surface area contributed by atoms with Gasteiger partial charge in [-0.15, -0.1) is 0 Å². The highest BCUT2D eigenvalue weighted by atomic mass is 35.5. The lowest BCUT2D eigenvalue weighted by Gasteiger charge is -2.14. The van der Waals surface area contributed by atoms with Crippen molar-refractivity contribution in [3.8, 4) is 5.69 Å². The molecule has 0 atom stereocenters. The van der Waals surface area contributed by atoms with Crippen LogP contribution < -0.4 is 5.56 Å². The molecule has 0 spiro atoms. The van der Waals surface area contributed by atoms with Crippen LogP contribution in [0.15, 0.2) is 71.5 Å². The number of para-hydroxylation sites is 1. The van der Waals surface area contributed by atoms with Crippen molar-refractivity contribution in [3.05, 3.63) is 105 Å². The summed E-state index contributed by atoms with van der Waals surface area (Å²) in [5, 5.41) is 1.05. The fourth-order valence-corrected chi connectivity index (χ4v) is 3.27. The summed E-state index contributed by atoms with van der Waals surface area (Å²) >= 11 is 6.18. The number of aromatic nitrogens is 2. The summed E-state index contributed by atoms with van der Waals surface area (Å²) < 4.78 is 15.0. The van der Waals surface area contributed by atoms with E-state index in [0.29, 0.717) is 33.0 Å². The van der Waals surface area contributed by atoms with E-state index in [1.807, 2.05) is 25.1 Å². The largest absolute Gasteiger partial charge is 0.268 e. The number of hydrogen-bond donors (Lipinski definition) is 0. The van der Waals surface area contributed by atoms with E-state index in [9.17, 15) is 9.18 Å². The third kappa shape index (κ3) is 3.47. The Morgan fingerprint density at radius 3 is 2.64 bits per heavy atom. The minimum absolute atomic E-state index is 0.185. The number of rotatable bonds is 3. The van der Waals surface area contributed by atoms with E-state index in [0.717, 1.165) is 5.56 Å². The molecule has 138 valence electrons. The molecule has 1 aromatic heterocycles. The third-order valence-electron chi connectivity index (χ3n) is 4.49. The molecule has 0 aliphatic carbocycles. The van der Waals surface area contributed by atoms with E-state index in [1.165, 1.54) is 12.1 Å². The zero-order valence-electron chi connectivity index (χ0n) is 15.1. The first-order valence-electron chi connectivity index (χ1n) is 8.75. The molecule has 1 heterocycles. The van der Waals surface area contributed by atoms with Crippen molar-refractivity contribution < 1.29 is 4.39 Å². The number of hydrogen-bond acceptors (Lipinski definition) is 2. The van der Waals surface area contributed by atoms with Crippen LogP contribution in [-0.2, 0) is 0 Å². The molecule has 0 radical (unpaired) electrons. The fraction of sp³-hybridized carbons (Fsp3) is 0.0435. The van der Waals surface area contributed by atoms with E-state index >= 15 is 0 Å². The van der Waals surface area contributed by atoms with Crippen LogP contribution >= 0.6 is 11.6 Å². The molecular formula is C23H16ClFN2O. The molecule has 0 fully saturated rings. The minimum atomic E-state index is -0.323. The monoisotopic (exact) mass is 390 g/mol. The van der Waals surface area contributed by atoms with Crippen molar-refractivity contribution in [2.75, 3.05) is 0 Å². The number of nitrogens with zero attached hydrogens (tertiary/aromatic N) is 2. The molecule has 5 heteroatoms. The summed E-state index contributed by atoms with van der Waals surface area (Å²) in [7, 11) is 0. The van der Waals surface area contributed by atoms with Crippen LogP contribution in [0, 0.1) is 12.7 Å². The third-order valence-corrected chi connectivity index (χ3v) is 4.72. The molecule has 0 aliphatic rings. The van der Waals surface area contributed by atoms with Gasteiger partial charge < -0.3 is 0 Å². The fourth-order valence-electron chi connectivity index (χ4n) is 3.10. The lowest BCUT2D eigenvalue weighted by Crippen LogP contribution is -2.23. The second-order valence-corrected chi connectivity index (χ2v) is 6.88. The number of halogens is 2. The van der Waals surface area contributed by atoms with Crippen LogP contribution in [-0.4, -0.2) is 9.55 Å². The highest BCUT2D eigenvalue weighted by Crippen LogP contribution is 2.21. The zero-order chi connectivity index (χ0) is 19.7. The maximum Gasteiger partial charge on any atom is 0.266 e. The van der Waals surface area contributed by atoms with Crippen molar-refractivity contribution >= 4 is 34.7 Å². The Hall–Kier alpha value is -3.24. The highest BCUT2D eigenvalue weighted by molar-refractivity contribution is 6.30. The van der Waals surface area contributed by atoms with Crippen LogP contribution in [0.1, 0.15) is 17.0 Å². The Kier molecular flexibility index (Phi) is 4.80. The van der Waals surface area contributed by atoms with E-state index in [1.54, 1.807) is 53.1 Å². The summed E-state index contributed by atoms with van der Waals surface area (Å²) in [6.07, 6.45) is 3.44. The quantitative estimate of drug-likeness (QED) is 0.452. The van der Waals surface area contributed by atoms with Crippen molar-refractivity contribution in [2.45, 2.75) is 6.92 Å². The summed E-state index contributed by atoms with van der Waals surface area (Å²) in [4.78, 5) is 17.9. The average Bonchev–Trinajstić information content (AvgIpc) is 2.69. The normalized spacial score (nSPS) is 11.4. The van der Waals surface area contributed by atoms with Crippen LogP contribution in [0.3, 0.4) is 0 Å². The second-order valence-electron chi connectivity index (χ2n) is 6.45. The van der Waals surface area contributed by atoms with Gasteiger partial charge in [0.05, 0.1) is 16.6 Å². The van der Waals surface area contributed by atoms with E-state index in [-0.39, 0.29) is 11.4 Å². The van der Waals surface area contributed by atoms with Gasteiger partial charge in [-0.05, 0) is 60.5 Å². The van der Waals surface area contributed by atoms with Crippen LogP contribution in [0.25, 0.3) is 28.7 Å². The topological polar surface area (TPSA) is 34.9 Å². The maximum atomic E-state index is 13.5. The van der Waals surface area contributed by atoms with Gasteiger partial charge in [-0.25, -0.2) is 9.37 Å². The molecule has 0 bridgehead atoms. The van der Waals surface area contributed by atoms with Gasteiger partial charge in [0.25, 0.3) is 5.56 Å². The number of aryl methyl sites for hydroxylation is 1. The molecule has 0 amide bonds. The molecule has 3 nitrogen and oxygen atoms in total. The van der Waals surface area contributed by atoms with E-state index in [4.69, 9.17) is 11.6 Å². The SMILES string of the molecule is Cc1ccc(Cl)cc1-n1c(/C=C/c2cccc(F)c2)nc2ccccc2c1=O. The molecule has 3 aromatic carbocycles. The Bertz CT molecular complexity index is 1280. The minimum Gasteiger partial charge on any atom is -0.268 e. The van der Waals surface area contributed by atoms with Gasteiger partial charge in [0.1, 0.15) is 11.6 Å². The van der Waals surface area contributed by atoms with Gasteiger partial charge in [0.15, 0.2) is 0 Å². The van der Waals surface area contributed by atoms with Crippen LogP contribution in [0.2, 0.25) is 5.02 Å².